The fourth-order valence-corrected chi connectivity index (χ4v) is 4.90. The molecule has 1 aliphatic heterocycles. The summed E-state index contributed by atoms with van der Waals surface area (Å²) in [6.07, 6.45) is 3.72. The van der Waals surface area contributed by atoms with Crippen LogP contribution in [0.5, 0.6) is 0 Å². The fourth-order valence-electron chi connectivity index (χ4n) is 3.24. The second-order valence-corrected chi connectivity index (χ2v) is 8.62. The van der Waals surface area contributed by atoms with E-state index in [1.807, 2.05) is 13.8 Å². The molecule has 0 spiro atoms. The van der Waals surface area contributed by atoms with Crippen LogP contribution in [0.2, 0.25) is 0 Å². The highest BCUT2D eigenvalue weighted by Gasteiger charge is 2.37. The van der Waals surface area contributed by atoms with Crippen LogP contribution in [-0.2, 0) is 14.8 Å². The first-order chi connectivity index (χ1) is 12.3. The van der Waals surface area contributed by atoms with E-state index in [9.17, 15) is 18.0 Å². The monoisotopic (exact) mass is 380 g/mol. The maximum atomic E-state index is 13.1. The van der Waals surface area contributed by atoms with Gasteiger partial charge in [-0.1, -0.05) is 32.4 Å². The zero-order valence-corrected chi connectivity index (χ0v) is 16.5. The van der Waals surface area contributed by atoms with Crippen LogP contribution in [0, 0.1) is 0 Å². The van der Waals surface area contributed by atoms with Crippen molar-refractivity contribution in [3.63, 3.8) is 0 Å². The van der Waals surface area contributed by atoms with Gasteiger partial charge in [-0.05, 0) is 44.7 Å². The van der Waals surface area contributed by atoms with Gasteiger partial charge < -0.3 is 5.32 Å². The second-order valence-electron chi connectivity index (χ2n) is 6.73. The molecule has 7 heteroatoms. The van der Waals surface area contributed by atoms with Crippen molar-refractivity contribution in [1.29, 1.82) is 0 Å². The van der Waals surface area contributed by atoms with Gasteiger partial charge in [-0.3, -0.25) is 9.59 Å². The van der Waals surface area contributed by atoms with Crippen molar-refractivity contribution >= 4 is 21.7 Å². The summed E-state index contributed by atoms with van der Waals surface area (Å²) in [5.74, 6) is -0.336. The van der Waals surface area contributed by atoms with Gasteiger partial charge in [0.25, 0.3) is 0 Å². The Bertz CT molecular complexity index is 739. The predicted octanol–water partition coefficient (Wildman–Crippen LogP) is 2.74. The molecule has 1 aromatic carbocycles. The molecule has 6 nitrogen and oxygen atoms in total. The van der Waals surface area contributed by atoms with E-state index in [1.54, 1.807) is 0 Å². The van der Waals surface area contributed by atoms with Crippen molar-refractivity contribution in [2.75, 3.05) is 6.54 Å². The van der Waals surface area contributed by atoms with Gasteiger partial charge in [-0.15, -0.1) is 0 Å². The number of hydrogen-bond acceptors (Lipinski definition) is 4. The van der Waals surface area contributed by atoms with Gasteiger partial charge in [0.1, 0.15) is 6.04 Å². The summed E-state index contributed by atoms with van der Waals surface area (Å²) in [5.41, 5.74) is 0.464. The topological polar surface area (TPSA) is 83.6 Å². The Labute approximate surface area is 156 Å². The summed E-state index contributed by atoms with van der Waals surface area (Å²) in [5, 5.41) is 2.97. The van der Waals surface area contributed by atoms with Crippen LogP contribution >= 0.6 is 0 Å². The van der Waals surface area contributed by atoms with E-state index in [1.165, 1.54) is 35.5 Å². The Balaban J connectivity index is 2.26. The number of benzene rings is 1. The third-order valence-corrected chi connectivity index (χ3v) is 6.88. The number of piperidine rings is 1. The van der Waals surface area contributed by atoms with Crippen molar-refractivity contribution in [1.82, 2.24) is 9.62 Å². The Morgan fingerprint density at radius 2 is 1.77 bits per heavy atom. The van der Waals surface area contributed by atoms with E-state index >= 15 is 0 Å². The molecule has 1 amide bonds. The van der Waals surface area contributed by atoms with Crippen LogP contribution in [-0.4, -0.2) is 43.0 Å². The van der Waals surface area contributed by atoms with Crippen LogP contribution in [0.15, 0.2) is 29.2 Å². The molecule has 1 aromatic rings. The highest BCUT2D eigenvalue weighted by Crippen LogP contribution is 2.26. The standard InChI is InChI=1S/C19H28N2O4S/c1-4-16(5-2)20-19(23)18-8-6-7-13-21(18)26(24,25)17-11-9-15(10-12-17)14(3)22/h9-12,16,18H,4-8,13H2,1-3H3,(H,20,23). The first-order valence-electron chi connectivity index (χ1n) is 9.24. The predicted molar refractivity (Wildman–Crippen MR) is 100 cm³/mol. The van der Waals surface area contributed by atoms with Crippen molar-refractivity contribution in [2.24, 2.45) is 0 Å². The third kappa shape index (κ3) is 4.51. The molecule has 1 heterocycles. The van der Waals surface area contributed by atoms with E-state index in [2.05, 4.69) is 5.32 Å². The Morgan fingerprint density at radius 1 is 1.15 bits per heavy atom. The SMILES string of the molecule is CCC(CC)NC(=O)C1CCCCN1S(=O)(=O)c1ccc(C(C)=O)cc1. The number of amides is 1. The summed E-state index contributed by atoms with van der Waals surface area (Å²) < 4.78 is 27.5. The zero-order valence-electron chi connectivity index (χ0n) is 15.7. The van der Waals surface area contributed by atoms with Crippen LogP contribution in [0.25, 0.3) is 0 Å². The average Bonchev–Trinajstić information content (AvgIpc) is 2.65. The average molecular weight is 381 g/mol. The number of nitrogens with one attached hydrogen (secondary N) is 1. The molecule has 0 aliphatic carbocycles. The molecule has 1 unspecified atom stereocenters. The number of hydrogen-bond donors (Lipinski definition) is 1. The molecule has 26 heavy (non-hydrogen) atoms. The van der Waals surface area contributed by atoms with Crippen LogP contribution in [0.1, 0.15) is 63.2 Å². The summed E-state index contributed by atoms with van der Waals surface area (Å²) in [6.45, 7) is 5.77. The Morgan fingerprint density at radius 3 is 2.31 bits per heavy atom. The normalized spacial score (nSPS) is 18.7. The van der Waals surface area contributed by atoms with Gasteiger partial charge in [0, 0.05) is 18.2 Å². The van der Waals surface area contributed by atoms with E-state index in [4.69, 9.17) is 0 Å². The van der Waals surface area contributed by atoms with Crippen molar-refractivity contribution in [3.8, 4) is 0 Å². The number of ketones is 1. The van der Waals surface area contributed by atoms with Gasteiger partial charge >= 0.3 is 0 Å². The van der Waals surface area contributed by atoms with Crippen LogP contribution in [0.3, 0.4) is 0 Å². The first-order valence-corrected chi connectivity index (χ1v) is 10.7. The Hall–Kier alpha value is -1.73. The van der Waals surface area contributed by atoms with Gasteiger partial charge in [-0.2, -0.15) is 4.31 Å². The van der Waals surface area contributed by atoms with E-state index in [-0.39, 0.29) is 22.6 Å². The van der Waals surface area contributed by atoms with Crippen molar-refractivity contribution in [2.45, 2.75) is 69.9 Å². The van der Waals surface area contributed by atoms with Crippen molar-refractivity contribution < 1.29 is 18.0 Å². The lowest BCUT2D eigenvalue weighted by Gasteiger charge is -2.34. The minimum atomic E-state index is -3.79. The molecule has 0 radical (unpaired) electrons. The molecule has 1 saturated heterocycles. The molecule has 1 N–H and O–H groups in total. The molecule has 0 saturated carbocycles. The number of sulfonamides is 1. The lowest BCUT2D eigenvalue weighted by Crippen LogP contribution is -2.53. The highest BCUT2D eigenvalue weighted by atomic mass is 32.2. The number of carbonyl (C=O) groups excluding carboxylic acids is 2. The first kappa shape index (κ1) is 20.6. The third-order valence-electron chi connectivity index (χ3n) is 4.96. The number of carbonyl (C=O) groups is 2. The van der Waals surface area contributed by atoms with E-state index in [0.29, 0.717) is 18.5 Å². The van der Waals surface area contributed by atoms with Crippen molar-refractivity contribution in [3.05, 3.63) is 29.8 Å². The molecule has 0 bridgehead atoms. The second kappa shape index (κ2) is 8.77. The molecular formula is C19H28N2O4S. The largest absolute Gasteiger partial charge is 0.352 e. The summed E-state index contributed by atoms with van der Waals surface area (Å²) >= 11 is 0. The lowest BCUT2D eigenvalue weighted by atomic mass is 10.0. The van der Waals surface area contributed by atoms with Gasteiger partial charge in [0.2, 0.25) is 15.9 Å². The van der Waals surface area contributed by atoms with Gasteiger partial charge in [0.15, 0.2) is 5.78 Å². The smallest absolute Gasteiger partial charge is 0.243 e. The number of rotatable bonds is 7. The molecule has 144 valence electrons. The fraction of sp³-hybridized carbons (Fsp3) is 0.579. The maximum absolute atomic E-state index is 13.1. The van der Waals surface area contributed by atoms with E-state index < -0.39 is 16.1 Å². The minimum absolute atomic E-state index is 0.0591. The van der Waals surface area contributed by atoms with E-state index in [0.717, 1.165) is 25.7 Å². The number of nitrogens with zero attached hydrogens (tertiary/aromatic N) is 1. The summed E-state index contributed by atoms with van der Waals surface area (Å²) in [7, 11) is -3.79. The molecule has 0 aromatic heterocycles. The van der Waals surface area contributed by atoms with Gasteiger partial charge in [-0.25, -0.2) is 8.42 Å². The van der Waals surface area contributed by atoms with Crippen LogP contribution in [0.4, 0.5) is 0 Å². The highest BCUT2D eigenvalue weighted by molar-refractivity contribution is 7.89. The minimum Gasteiger partial charge on any atom is -0.352 e. The Kier molecular flexibility index (Phi) is 6.94. The molecule has 1 aliphatic rings. The quantitative estimate of drug-likeness (QED) is 0.737. The number of Topliss-reactive ketones (excluding diaryl/α,β-unsaturated/α-hetero) is 1. The molecule has 1 fully saturated rings. The lowest BCUT2D eigenvalue weighted by molar-refractivity contribution is -0.126. The van der Waals surface area contributed by atoms with Gasteiger partial charge in [0.05, 0.1) is 4.90 Å². The molecule has 2 rings (SSSR count). The molecule has 1 atom stereocenters. The summed E-state index contributed by atoms with van der Waals surface area (Å²) in [6, 6.07) is 5.29. The zero-order chi connectivity index (χ0) is 19.3. The van der Waals surface area contributed by atoms with Crippen LogP contribution < -0.4 is 5.32 Å². The maximum Gasteiger partial charge on any atom is 0.243 e. The molecular weight excluding hydrogens is 352 g/mol. The summed E-state index contributed by atoms with van der Waals surface area (Å²) in [4.78, 5) is 24.2.